The van der Waals surface area contributed by atoms with Gasteiger partial charge < -0.3 is 14.6 Å². The van der Waals surface area contributed by atoms with Crippen LogP contribution in [0.25, 0.3) is 10.9 Å². The highest BCUT2D eigenvalue weighted by Gasteiger charge is 2.10. The lowest BCUT2D eigenvalue weighted by molar-refractivity contribution is 0.414. The van der Waals surface area contributed by atoms with Gasteiger partial charge in [0.2, 0.25) is 0 Å². The van der Waals surface area contributed by atoms with Crippen molar-refractivity contribution in [1.29, 1.82) is 0 Å². The van der Waals surface area contributed by atoms with Gasteiger partial charge in [-0.3, -0.25) is 0 Å². The van der Waals surface area contributed by atoms with E-state index in [0.717, 1.165) is 30.8 Å². The van der Waals surface area contributed by atoms with Gasteiger partial charge in [0.25, 0.3) is 0 Å². The molecule has 4 rings (SSSR count). The molecule has 0 radical (unpaired) electrons. The second-order valence-corrected chi connectivity index (χ2v) is 8.15. The number of nitrogens with zero attached hydrogens (tertiary/aromatic N) is 1. The minimum Gasteiger partial charge on any atom is -0.497 e. The van der Waals surface area contributed by atoms with E-state index in [2.05, 4.69) is 52.5 Å². The molecule has 0 unspecified atom stereocenters. The summed E-state index contributed by atoms with van der Waals surface area (Å²) in [5, 5.41) is 6.19. The first-order chi connectivity index (χ1) is 14.6. The summed E-state index contributed by atoms with van der Waals surface area (Å²) in [6.07, 6.45) is 3.19. The molecule has 5 heteroatoms. The number of nitrogens with one attached hydrogen (secondary N) is 1. The Morgan fingerprint density at radius 2 is 1.73 bits per heavy atom. The zero-order valence-electron chi connectivity index (χ0n) is 16.9. The number of para-hydroxylation sites is 1. The van der Waals surface area contributed by atoms with Crippen molar-refractivity contribution in [2.24, 2.45) is 0 Å². The van der Waals surface area contributed by atoms with Crippen molar-refractivity contribution in [2.45, 2.75) is 19.5 Å². The number of benzene rings is 3. The number of hydrogen-bond acceptors (Lipinski definition) is 2. The smallest absolute Gasteiger partial charge is 0.118 e. The molecule has 4 aromatic rings. The number of aromatic nitrogens is 1. The van der Waals surface area contributed by atoms with Crippen molar-refractivity contribution in [3.63, 3.8) is 0 Å². The highest BCUT2D eigenvalue weighted by atomic mass is 35.5. The molecule has 0 spiro atoms. The van der Waals surface area contributed by atoms with Gasteiger partial charge in [0.15, 0.2) is 0 Å². The van der Waals surface area contributed by atoms with Crippen LogP contribution in [0.5, 0.6) is 5.75 Å². The lowest BCUT2D eigenvalue weighted by Gasteiger charge is -2.08. The summed E-state index contributed by atoms with van der Waals surface area (Å²) in [5.41, 5.74) is 4.84. The Hall–Kier alpha value is -2.46. The minimum atomic E-state index is 0.655. The monoisotopic (exact) mass is 438 g/mol. The first-order valence-electron chi connectivity index (χ1n) is 9.98. The van der Waals surface area contributed by atoms with Crippen molar-refractivity contribution in [2.75, 3.05) is 13.7 Å². The van der Waals surface area contributed by atoms with E-state index in [9.17, 15) is 0 Å². The number of hydrogen-bond donors (Lipinski definition) is 1. The molecule has 0 saturated carbocycles. The van der Waals surface area contributed by atoms with Crippen LogP contribution >= 0.6 is 23.2 Å². The number of methoxy groups -OCH3 is 1. The third-order valence-electron chi connectivity index (χ3n) is 5.29. The zero-order chi connectivity index (χ0) is 20.9. The van der Waals surface area contributed by atoms with E-state index in [4.69, 9.17) is 27.9 Å². The molecular formula is C25H24Cl2N2O. The SMILES string of the molecule is COc1ccc(CCNCc2cn(Cc3ccc(Cl)cc3Cl)c3ccccc23)cc1. The predicted molar refractivity (Wildman–Crippen MR) is 126 cm³/mol. The summed E-state index contributed by atoms with van der Waals surface area (Å²) in [5.74, 6) is 0.889. The molecule has 0 atom stereocenters. The third kappa shape index (κ3) is 4.81. The minimum absolute atomic E-state index is 0.655. The molecule has 0 amide bonds. The van der Waals surface area contributed by atoms with Gasteiger partial charge in [-0.15, -0.1) is 0 Å². The van der Waals surface area contributed by atoms with Crippen LogP contribution in [-0.4, -0.2) is 18.2 Å². The molecule has 0 fully saturated rings. The number of fused-ring (bicyclic) bond motifs is 1. The van der Waals surface area contributed by atoms with E-state index in [1.54, 1.807) is 13.2 Å². The molecule has 0 saturated heterocycles. The van der Waals surface area contributed by atoms with Crippen LogP contribution in [0.3, 0.4) is 0 Å². The normalized spacial score (nSPS) is 11.2. The summed E-state index contributed by atoms with van der Waals surface area (Å²) < 4.78 is 7.47. The Kier molecular flexibility index (Phi) is 6.63. The average molecular weight is 439 g/mol. The number of rotatable bonds is 8. The van der Waals surface area contributed by atoms with Gasteiger partial charge in [-0.05, 0) is 60.0 Å². The molecule has 0 aliphatic carbocycles. The average Bonchev–Trinajstić information content (AvgIpc) is 3.11. The van der Waals surface area contributed by atoms with Crippen molar-refractivity contribution < 1.29 is 4.74 Å². The lowest BCUT2D eigenvalue weighted by Crippen LogP contribution is -2.16. The molecule has 1 aromatic heterocycles. The van der Waals surface area contributed by atoms with Crippen molar-refractivity contribution in [3.05, 3.63) is 99.7 Å². The van der Waals surface area contributed by atoms with E-state index >= 15 is 0 Å². The Labute approximate surface area is 187 Å². The van der Waals surface area contributed by atoms with Gasteiger partial charge in [0.1, 0.15) is 5.75 Å². The summed E-state index contributed by atoms with van der Waals surface area (Å²) in [6.45, 7) is 2.44. The largest absolute Gasteiger partial charge is 0.497 e. The van der Waals surface area contributed by atoms with Crippen LogP contribution in [0.2, 0.25) is 10.0 Å². The van der Waals surface area contributed by atoms with E-state index < -0.39 is 0 Å². The summed E-state index contributed by atoms with van der Waals surface area (Å²) in [7, 11) is 1.69. The second-order valence-electron chi connectivity index (χ2n) is 7.31. The fourth-order valence-electron chi connectivity index (χ4n) is 3.68. The fourth-order valence-corrected chi connectivity index (χ4v) is 4.14. The summed E-state index contributed by atoms with van der Waals surface area (Å²) in [6, 6.07) is 22.4. The van der Waals surface area contributed by atoms with Crippen molar-refractivity contribution >= 4 is 34.1 Å². The molecule has 154 valence electrons. The van der Waals surface area contributed by atoms with Crippen molar-refractivity contribution in [1.82, 2.24) is 9.88 Å². The zero-order valence-corrected chi connectivity index (χ0v) is 18.4. The summed E-state index contributed by atoms with van der Waals surface area (Å²) >= 11 is 12.4. The van der Waals surface area contributed by atoms with E-state index in [1.807, 2.05) is 24.3 Å². The first kappa shape index (κ1) is 20.8. The maximum Gasteiger partial charge on any atom is 0.118 e. The Bertz CT molecular complexity index is 1140. The Balaban J connectivity index is 1.45. The van der Waals surface area contributed by atoms with Crippen LogP contribution < -0.4 is 10.1 Å². The third-order valence-corrected chi connectivity index (χ3v) is 5.88. The molecule has 1 heterocycles. The van der Waals surface area contributed by atoms with Gasteiger partial charge in [-0.25, -0.2) is 0 Å². The van der Waals surface area contributed by atoms with E-state index in [-0.39, 0.29) is 0 Å². The Morgan fingerprint density at radius 3 is 2.50 bits per heavy atom. The molecule has 3 nitrogen and oxygen atoms in total. The number of ether oxygens (including phenoxy) is 1. The summed E-state index contributed by atoms with van der Waals surface area (Å²) in [4.78, 5) is 0. The van der Waals surface area contributed by atoms with Crippen LogP contribution in [0.1, 0.15) is 16.7 Å². The molecular weight excluding hydrogens is 415 g/mol. The molecule has 30 heavy (non-hydrogen) atoms. The highest BCUT2D eigenvalue weighted by molar-refractivity contribution is 6.35. The van der Waals surface area contributed by atoms with Crippen LogP contribution in [0, 0.1) is 0 Å². The van der Waals surface area contributed by atoms with Crippen LogP contribution in [-0.2, 0) is 19.5 Å². The first-order valence-corrected chi connectivity index (χ1v) is 10.7. The molecule has 1 N–H and O–H groups in total. The lowest BCUT2D eigenvalue weighted by atomic mass is 10.1. The molecule has 0 bridgehead atoms. The maximum absolute atomic E-state index is 6.40. The van der Waals surface area contributed by atoms with Crippen molar-refractivity contribution in [3.8, 4) is 5.75 Å². The van der Waals surface area contributed by atoms with Gasteiger partial charge in [-0.2, -0.15) is 0 Å². The van der Waals surface area contributed by atoms with Gasteiger partial charge in [0.05, 0.1) is 7.11 Å². The fraction of sp³-hybridized carbons (Fsp3) is 0.200. The van der Waals surface area contributed by atoms with Crippen LogP contribution in [0.15, 0.2) is 72.9 Å². The van der Waals surface area contributed by atoms with E-state index in [1.165, 1.54) is 22.0 Å². The highest BCUT2D eigenvalue weighted by Crippen LogP contribution is 2.26. The van der Waals surface area contributed by atoms with Crippen LogP contribution in [0.4, 0.5) is 0 Å². The maximum atomic E-state index is 6.40. The molecule has 0 aliphatic rings. The van der Waals surface area contributed by atoms with E-state index in [0.29, 0.717) is 16.6 Å². The topological polar surface area (TPSA) is 26.2 Å². The standard InChI is InChI=1S/C25H24Cl2N2O/c1-30-22-10-6-18(7-11-22)12-13-28-15-20-17-29(25-5-3-2-4-23(20)25)16-19-8-9-21(26)14-24(19)27/h2-11,14,17,28H,12-13,15-16H2,1H3. The second kappa shape index (κ2) is 9.57. The number of halogens is 2. The molecule has 3 aromatic carbocycles. The Morgan fingerprint density at radius 1 is 0.933 bits per heavy atom. The van der Waals surface area contributed by atoms with Gasteiger partial charge in [-0.1, -0.05) is 59.6 Å². The van der Waals surface area contributed by atoms with Gasteiger partial charge >= 0.3 is 0 Å². The van der Waals surface area contributed by atoms with Gasteiger partial charge in [0, 0.05) is 40.2 Å². The molecule has 0 aliphatic heterocycles. The predicted octanol–water partition coefficient (Wildman–Crippen LogP) is 6.34. The quantitative estimate of drug-likeness (QED) is 0.325.